The minimum absolute atomic E-state index is 0.113. The highest BCUT2D eigenvalue weighted by atomic mass is 16.6. The molecule has 0 saturated carbocycles. The summed E-state index contributed by atoms with van der Waals surface area (Å²) in [6.45, 7) is 6.35. The van der Waals surface area contributed by atoms with Crippen molar-refractivity contribution >= 4 is 17.8 Å². The van der Waals surface area contributed by atoms with Crippen molar-refractivity contribution in [3.63, 3.8) is 0 Å². The van der Waals surface area contributed by atoms with E-state index in [1.54, 1.807) is 24.0 Å². The largest absolute Gasteiger partial charge is 0.461 e. The molecule has 2 fully saturated rings. The van der Waals surface area contributed by atoms with Gasteiger partial charge in [-0.2, -0.15) is 0 Å². The van der Waals surface area contributed by atoms with Crippen molar-refractivity contribution in [1.29, 1.82) is 0 Å². The second-order valence-electron chi connectivity index (χ2n) is 10.8. The van der Waals surface area contributed by atoms with Gasteiger partial charge in [-0.1, -0.05) is 62.4 Å². The Morgan fingerprint density at radius 1 is 1.06 bits per heavy atom. The van der Waals surface area contributed by atoms with E-state index in [4.69, 9.17) is 9.47 Å². The van der Waals surface area contributed by atoms with Crippen LogP contribution in [-0.4, -0.2) is 75.7 Å². The van der Waals surface area contributed by atoms with Gasteiger partial charge in [0.15, 0.2) is 0 Å². The van der Waals surface area contributed by atoms with E-state index in [1.165, 1.54) is 4.90 Å². The standard InChI is InChI=1S/C28H34N2O6/c1-18(2)15-20(17-31)30-23-25(33)29(16-19-9-5-4-6-10-19)13-7-12-28(23)21(24(30)32)22-26(34)35-14-8-11-27(22,3)36-28/h4-12,18,20-23,31H,13-17H2,1-3H3/t20-,21+,22+,23?,27-,28+/m1/s1. The molecule has 8 heteroatoms. The molecule has 1 unspecified atom stereocenters. The molecule has 8 nitrogen and oxygen atoms in total. The van der Waals surface area contributed by atoms with Crippen molar-refractivity contribution in [2.75, 3.05) is 19.8 Å². The highest BCUT2D eigenvalue weighted by Gasteiger charge is 2.75. The van der Waals surface area contributed by atoms with Crippen LogP contribution in [0.2, 0.25) is 0 Å². The third-order valence-corrected chi connectivity index (χ3v) is 7.90. The summed E-state index contributed by atoms with van der Waals surface area (Å²) in [6, 6.07) is 8.11. The lowest BCUT2D eigenvalue weighted by molar-refractivity contribution is -0.160. The summed E-state index contributed by atoms with van der Waals surface area (Å²) in [6.07, 6.45) is 7.71. The molecule has 36 heavy (non-hydrogen) atoms. The normalized spacial score (nSPS) is 34.2. The van der Waals surface area contributed by atoms with Gasteiger partial charge >= 0.3 is 5.97 Å². The summed E-state index contributed by atoms with van der Waals surface area (Å²) in [5.41, 5.74) is -1.46. The molecule has 1 spiro atoms. The first-order valence-corrected chi connectivity index (χ1v) is 12.7. The Kier molecular flexibility index (Phi) is 6.29. The second-order valence-corrected chi connectivity index (χ2v) is 10.8. The van der Waals surface area contributed by atoms with Crippen LogP contribution < -0.4 is 0 Å². The second kappa shape index (κ2) is 9.16. The topological polar surface area (TPSA) is 96.4 Å². The molecule has 4 heterocycles. The molecule has 0 radical (unpaired) electrons. The van der Waals surface area contributed by atoms with Crippen molar-refractivity contribution in [2.24, 2.45) is 17.8 Å². The van der Waals surface area contributed by atoms with Crippen LogP contribution in [0.15, 0.2) is 54.6 Å². The maximum absolute atomic E-state index is 14.3. The number of rotatable bonds is 6. The number of cyclic esters (lactones) is 1. The molecule has 5 rings (SSSR count). The van der Waals surface area contributed by atoms with Crippen LogP contribution in [0.3, 0.4) is 0 Å². The maximum atomic E-state index is 14.3. The number of amides is 2. The number of benzene rings is 1. The van der Waals surface area contributed by atoms with E-state index in [9.17, 15) is 19.5 Å². The minimum atomic E-state index is -1.34. The van der Waals surface area contributed by atoms with Gasteiger partial charge in [0.05, 0.1) is 24.2 Å². The Bertz CT molecular complexity index is 1100. The Morgan fingerprint density at radius 3 is 2.50 bits per heavy atom. The van der Waals surface area contributed by atoms with Crippen LogP contribution in [-0.2, 0) is 30.4 Å². The number of carbonyl (C=O) groups excluding carboxylic acids is 3. The Morgan fingerprint density at radius 2 is 1.81 bits per heavy atom. The number of ether oxygens (including phenoxy) is 2. The van der Waals surface area contributed by atoms with Crippen LogP contribution in [0, 0.1) is 17.8 Å². The fourth-order valence-electron chi connectivity index (χ4n) is 6.50. The van der Waals surface area contributed by atoms with Gasteiger partial charge < -0.3 is 24.4 Å². The lowest BCUT2D eigenvalue weighted by Crippen LogP contribution is -2.58. The average Bonchev–Trinajstić information content (AvgIpc) is 3.11. The fourth-order valence-corrected chi connectivity index (χ4v) is 6.50. The zero-order chi connectivity index (χ0) is 25.7. The summed E-state index contributed by atoms with van der Waals surface area (Å²) in [5, 5.41) is 10.4. The van der Waals surface area contributed by atoms with Crippen LogP contribution in [0.1, 0.15) is 32.8 Å². The van der Waals surface area contributed by atoms with Gasteiger partial charge in [0.1, 0.15) is 24.2 Å². The van der Waals surface area contributed by atoms with Gasteiger partial charge in [-0.05, 0) is 30.9 Å². The molecule has 2 amide bonds. The van der Waals surface area contributed by atoms with Gasteiger partial charge in [-0.3, -0.25) is 14.4 Å². The van der Waals surface area contributed by atoms with E-state index in [1.807, 2.05) is 56.3 Å². The molecule has 0 bridgehead atoms. The summed E-state index contributed by atoms with van der Waals surface area (Å²) in [5.74, 6) is -2.75. The molecule has 0 aliphatic carbocycles. The van der Waals surface area contributed by atoms with E-state index < -0.39 is 41.1 Å². The van der Waals surface area contributed by atoms with Crippen molar-refractivity contribution in [3.8, 4) is 0 Å². The quantitative estimate of drug-likeness (QED) is 0.481. The van der Waals surface area contributed by atoms with Gasteiger partial charge in [-0.15, -0.1) is 0 Å². The molecule has 2 saturated heterocycles. The van der Waals surface area contributed by atoms with Crippen LogP contribution in [0.4, 0.5) is 0 Å². The van der Waals surface area contributed by atoms with E-state index in [-0.39, 0.29) is 30.9 Å². The number of likely N-dealkylation sites (tertiary alicyclic amines) is 1. The van der Waals surface area contributed by atoms with Gasteiger partial charge in [0.25, 0.3) is 0 Å². The van der Waals surface area contributed by atoms with Gasteiger partial charge in [-0.25, -0.2) is 0 Å². The Hall–Kier alpha value is -2.97. The fraction of sp³-hybridized carbons (Fsp3) is 0.536. The lowest BCUT2D eigenvalue weighted by Gasteiger charge is -2.40. The molecule has 6 atom stereocenters. The lowest BCUT2D eigenvalue weighted by atomic mass is 9.75. The highest BCUT2D eigenvalue weighted by molar-refractivity contribution is 5.99. The minimum Gasteiger partial charge on any atom is -0.461 e. The monoisotopic (exact) mass is 494 g/mol. The van der Waals surface area contributed by atoms with Crippen LogP contribution >= 0.6 is 0 Å². The number of nitrogens with zero attached hydrogens (tertiary/aromatic N) is 2. The first-order valence-electron chi connectivity index (χ1n) is 12.7. The van der Waals surface area contributed by atoms with E-state index in [0.29, 0.717) is 19.5 Å². The van der Waals surface area contributed by atoms with Crippen molar-refractivity contribution in [1.82, 2.24) is 9.80 Å². The number of hydrogen-bond acceptors (Lipinski definition) is 6. The van der Waals surface area contributed by atoms with Crippen molar-refractivity contribution < 1.29 is 29.0 Å². The number of aliphatic hydroxyl groups excluding tert-OH is 1. The van der Waals surface area contributed by atoms with E-state index in [2.05, 4.69) is 0 Å². The molecular formula is C28H34N2O6. The molecule has 1 aromatic rings. The summed E-state index contributed by atoms with van der Waals surface area (Å²) in [7, 11) is 0. The zero-order valence-electron chi connectivity index (χ0n) is 21.0. The van der Waals surface area contributed by atoms with Gasteiger partial charge in [0.2, 0.25) is 11.8 Å². The molecule has 1 N–H and O–H groups in total. The molecule has 4 aliphatic rings. The van der Waals surface area contributed by atoms with Crippen LogP contribution in [0.25, 0.3) is 0 Å². The smallest absolute Gasteiger partial charge is 0.313 e. The summed E-state index contributed by atoms with van der Waals surface area (Å²) < 4.78 is 12.1. The highest BCUT2D eigenvalue weighted by Crippen LogP contribution is 2.57. The predicted molar refractivity (Wildman–Crippen MR) is 131 cm³/mol. The van der Waals surface area contributed by atoms with Crippen LogP contribution in [0.5, 0.6) is 0 Å². The van der Waals surface area contributed by atoms with E-state index in [0.717, 1.165) is 5.56 Å². The van der Waals surface area contributed by atoms with E-state index >= 15 is 0 Å². The first-order chi connectivity index (χ1) is 17.2. The maximum Gasteiger partial charge on any atom is 0.313 e. The van der Waals surface area contributed by atoms with Crippen molar-refractivity contribution in [3.05, 3.63) is 60.2 Å². The number of esters is 1. The average molecular weight is 495 g/mol. The molecule has 4 aliphatic heterocycles. The first kappa shape index (κ1) is 24.7. The molecular weight excluding hydrogens is 460 g/mol. The third-order valence-electron chi connectivity index (χ3n) is 7.90. The number of carbonyl (C=O) groups is 3. The van der Waals surface area contributed by atoms with Crippen molar-refractivity contribution in [2.45, 2.75) is 57.0 Å². The molecule has 192 valence electrons. The van der Waals surface area contributed by atoms with Gasteiger partial charge in [0, 0.05) is 13.1 Å². The molecule has 1 aromatic carbocycles. The zero-order valence-corrected chi connectivity index (χ0v) is 21.0. The summed E-state index contributed by atoms with van der Waals surface area (Å²) in [4.78, 5) is 44.9. The predicted octanol–water partition coefficient (Wildman–Crippen LogP) is 2.08. The number of hydrogen-bond donors (Lipinski definition) is 1. The summed E-state index contributed by atoms with van der Waals surface area (Å²) >= 11 is 0. The number of aliphatic hydroxyl groups is 1. The Labute approximate surface area is 211 Å². The number of fused-ring (bicyclic) bond motifs is 2. The third kappa shape index (κ3) is 3.78. The SMILES string of the molecule is CC(C)C[C@H](CO)N1C(=O)[C@@H]2[C@H]3C(=O)OCC=C[C@@]3(C)O[C@@]23C=CCN(Cc2ccccc2)C(=O)C13. The Balaban J connectivity index is 1.62. The molecule has 0 aromatic heterocycles.